The van der Waals surface area contributed by atoms with Crippen LogP contribution in [0.2, 0.25) is 10.0 Å². The number of fused-ring (bicyclic) bond motifs is 1. The number of pyridine rings is 1. The first-order chi connectivity index (χ1) is 13.6. The predicted octanol–water partition coefficient (Wildman–Crippen LogP) is 4.04. The SMILES string of the molecule is CC[C@H](C)N(C(=O)COc1c(Cl)cc(Cl)c2ccc(C)nc12)[C@H]1CCS(=O)(=O)C1. The molecule has 0 radical (unpaired) electrons. The molecule has 0 aliphatic carbocycles. The molecule has 9 heteroatoms. The number of amides is 1. The normalized spacial score (nSPS) is 19.3. The Morgan fingerprint density at radius 1 is 1.34 bits per heavy atom. The maximum absolute atomic E-state index is 13.0. The summed E-state index contributed by atoms with van der Waals surface area (Å²) in [5, 5.41) is 1.41. The third-order valence-electron chi connectivity index (χ3n) is 5.27. The Labute approximate surface area is 181 Å². The fourth-order valence-electron chi connectivity index (χ4n) is 3.64. The number of halogens is 2. The first kappa shape index (κ1) is 22.1. The number of hydrogen-bond donors (Lipinski definition) is 0. The summed E-state index contributed by atoms with van der Waals surface area (Å²) in [5.74, 6) is 0.129. The molecule has 1 aliphatic rings. The van der Waals surface area contributed by atoms with Crippen LogP contribution >= 0.6 is 23.2 Å². The number of carbonyl (C=O) groups excluding carboxylic acids is 1. The minimum absolute atomic E-state index is 0.00549. The van der Waals surface area contributed by atoms with Gasteiger partial charge in [0.05, 0.1) is 21.6 Å². The largest absolute Gasteiger partial charge is 0.480 e. The predicted molar refractivity (Wildman–Crippen MR) is 116 cm³/mol. The van der Waals surface area contributed by atoms with Gasteiger partial charge in [0.15, 0.2) is 22.2 Å². The second-order valence-corrected chi connectivity index (χ2v) is 10.5. The van der Waals surface area contributed by atoms with Crippen LogP contribution in [0, 0.1) is 6.92 Å². The first-order valence-electron chi connectivity index (χ1n) is 9.52. The van der Waals surface area contributed by atoms with Gasteiger partial charge in [-0.05, 0) is 44.9 Å². The van der Waals surface area contributed by atoms with Gasteiger partial charge in [-0.3, -0.25) is 4.79 Å². The maximum atomic E-state index is 13.0. The van der Waals surface area contributed by atoms with Gasteiger partial charge in [0.25, 0.3) is 5.91 Å². The highest BCUT2D eigenvalue weighted by molar-refractivity contribution is 7.91. The van der Waals surface area contributed by atoms with Crippen LogP contribution in [0.4, 0.5) is 0 Å². The van der Waals surface area contributed by atoms with E-state index >= 15 is 0 Å². The molecule has 1 aromatic heterocycles. The van der Waals surface area contributed by atoms with Gasteiger partial charge in [0.2, 0.25) is 0 Å². The lowest BCUT2D eigenvalue weighted by atomic mass is 10.1. The van der Waals surface area contributed by atoms with Crippen molar-refractivity contribution in [2.45, 2.75) is 45.7 Å². The van der Waals surface area contributed by atoms with Gasteiger partial charge < -0.3 is 9.64 Å². The summed E-state index contributed by atoms with van der Waals surface area (Å²) in [6.07, 6.45) is 1.16. The number of nitrogens with zero attached hydrogens (tertiary/aromatic N) is 2. The molecule has 1 aliphatic heterocycles. The van der Waals surface area contributed by atoms with E-state index < -0.39 is 9.84 Å². The molecule has 2 aromatic rings. The second kappa shape index (κ2) is 8.66. The molecule has 3 rings (SSSR count). The number of aryl methyl sites for hydroxylation is 1. The van der Waals surface area contributed by atoms with Crippen molar-refractivity contribution in [3.05, 3.63) is 33.9 Å². The number of benzene rings is 1. The van der Waals surface area contributed by atoms with E-state index in [4.69, 9.17) is 27.9 Å². The molecule has 1 amide bonds. The van der Waals surface area contributed by atoms with E-state index in [0.29, 0.717) is 34.5 Å². The number of hydrogen-bond acceptors (Lipinski definition) is 5. The quantitative estimate of drug-likeness (QED) is 0.652. The van der Waals surface area contributed by atoms with Gasteiger partial charge in [-0.15, -0.1) is 0 Å². The van der Waals surface area contributed by atoms with E-state index in [1.807, 2.05) is 32.9 Å². The van der Waals surface area contributed by atoms with E-state index in [1.165, 1.54) is 0 Å². The molecule has 158 valence electrons. The summed E-state index contributed by atoms with van der Waals surface area (Å²) in [6, 6.07) is 4.81. The molecule has 1 fully saturated rings. The molecule has 0 N–H and O–H groups in total. The van der Waals surface area contributed by atoms with E-state index in [9.17, 15) is 13.2 Å². The van der Waals surface area contributed by atoms with Crippen molar-refractivity contribution in [2.24, 2.45) is 0 Å². The van der Waals surface area contributed by atoms with Crippen LogP contribution in [0.25, 0.3) is 10.9 Å². The Morgan fingerprint density at radius 3 is 2.69 bits per heavy atom. The number of rotatable bonds is 6. The minimum atomic E-state index is -3.11. The highest BCUT2D eigenvalue weighted by Crippen LogP contribution is 2.37. The fourth-order valence-corrected chi connectivity index (χ4v) is 5.92. The van der Waals surface area contributed by atoms with Crippen molar-refractivity contribution >= 4 is 49.8 Å². The fraction of sp³-hybridized carbons (Fsp3) is 0.500. The van der Waals surface area contributed by atoms with Crippen molar-refractivity contribution in [2.75, 3.05) is 18.1 Å². The van der Waals surface area contributed by atoms with E-state index in [0.717, 1.165) is 5.69 Å². The van der Waals surface area contributed by atoms with Crippen molar-refractivity contribution < 1.29 is 17.9 Å². The molecular formula is C20H24Cl2N2O4S. The Hall–Kier alpha value is -1.57. The molecule has 0 unspecified atom stereocenters. The lowest BCUT2D eigenvalue weighted by Crippen LogP contribution is -2.48. The summed E-state index contributed by atoms with van der Waals surface area (Å²) >= 11 is 12.6. The molecule has 0 saturated carbocycles. The summed E-state index contributed by atoms with van der Waals surface area (Å²) < 4.78 is 29.6. The lowest BCUT2D eigenvalue weighted by Gasteiger charge is -2.33. The van der Waals surface area contributed by atoms with Gasteiger partial charge in [0.1, 0.15) is 5.52 Å². The average molecular weight is 459 g/mol. The number of aromatic nitrogens is 1. The first-order valence-corrected chi connectivity index (χ1v) is 12.1. The second-order valence-electron chi connectivity index (χ2n) is 7.42. The number of carbonyl (C=O) groups is 1. The molecule has 2 heterocycles. The van der Waals surface area contributed by atoms with Crippen LogP contribution in [0.5, 0.6) is 5.75 Å². The number of sulfone groups is 1. The van der Waals surface area contributed by atoms with Crippen LogP contribution < -0.4 is 4.74 Å². The van der Waals surface area contributed by atoms with Gasteiger partial charge in [-0.2, -0.15) is 0 Å². The van der Waals surface area contributed by atoms with Crippen LogP contribution in [0.15, 0.2) is 18.2 Å². The summed E-state index contributed by atoms with van der Waals surface area (Å²) in [4.78, 5) is 19.1. The molecular weight excluding hydrogens is 435 g/mol. The monoisotopic (exact) mass is 458 g/mol. The molecule has 1 aromatic carbocycles. The highest BCUT2D eigenvalue weighted by atomic mass is 35.5. The van der Waals surface area contributed by atoms with E-state index in [-0.39, 0.29) is 41.1 Å². The Balaban J connectivity index is 1.86. The topological polar surface area (TPSA) is 76.6 Å². The zero-order chi connectivity index (χ0) is 21.3. The van der Waals surface area contributed by atoms with Gasteiger partial charge >= 0.3 is 0 Å². The smallest absolute Gasteiger partial charge is 0.261 e. The minimum Gasteiger partial charge on any atom is -0.480 e. The average Bonchev–Trinajstić information content (AvgIpc) is 3.00. The lowest BCUT2D eigenvalue weighted by molar-refractivity contribution is -0.137. The Bertz CT molecular complexity index is 1040. The Kier molecular flexibility index (Phi) is 6.61. The van der Waals surface area contributed by atoms with Crippen molar-refractivity contribution in [1.29, 1.82) is 0 Å². The van der Waals surface area contributed by atoms with Gasteiger partial charge in [-0.25, -0.2) is 13.4 Å². The summed E-state index contributed by atoms with van der Waals surface area (Å²) in [6.45, 7) is 5.46. The molecule has 0 spiro atoms. The van der Waals surface area contributed by atoms with Crippen LogP contribution in [-0.2, 0) is 14.6 Å². The third-order valence-corrected chi connectivity index (χ3v) is 7.62. The Morgan fingerprint density at radius 2 is 2.07 bits per heavy atom. The third kappa shape index (κ3) is 4.78. The molecule has 2 atom stereocenters. The van der Waals surface area contributed by atoms with Crippen molar-refractivity contribution in [3.8, 4) is 5.75 Å². The summed E-state index contributed by atoms with van der Waals surface area (Å²) in [7, 11) is -3.11. The number of ether oxygens (including phenoxy) is 1. The molecule has 29 heavy (non-hydrogen) atoms. The summed E-state index contributed by atoms with van der Waals surface area (Å²) in [5.41, 5.74) is 1.26. The zero-order valence-electron chi connectivity index (χ0n) is 16.6. The van der Waals surface area contributed by atoms with Crippen LogP contribution in [0.1, 0.15) is 32.4 Å². The van der Waals surface area contributed by atoms with Crippen molar-refractivity contribution in [1.82, 2.24) is 9.88 Å². The van der Waals surface area contributed by atoms with E-state index in [2.05, 4.69) is 4.98 Å². The van der Waals surface area contributed by atoms with Crippen LogP contribution in [-0.4, -0.2) is 54.4 Å². The van der Waals surface area contributed by atoms with Gasteiger partial charge in [-0.1, -0.05) is 30.1 Å². The highest BCUT2D eigenvalue weighted by Gasteiger charge is 2.36. The molecule has 6 nitrogen and oxygen atoms in total. The maximum Gasteiger partial charge on any atom is 0.261 e. The standard InChI is InChI=1S/C20H24Cl2N2O4S/c1-4-13(3)24(14-7-8-29(26,27)11-14)18(25)10-28-20-17(22)9-16(21)15-6-5-12(2)23-19(15)20/h5-6,9,13-14H,4,7-8,10-11H2,1-3H3/t13-,14-/m0/s1. The zero-order valence-corrected chi connectivity index (χ0v) is 18.9. The van der Waals surface area contributed by atoms with Gasteiger partial charge in [0, 0.05) is 23.2 Å². The van der Waals surface area contributed by atoms with Crippen molar-refractivity contribution in [3.63, 3.8) is 0 Å². The molecule has 0 bridgehead atoms. The molecule has 1 saturated heterocycles. The van der Waals surface area contributed by atoms with Crippen LogP contribution in [0.3, 0.4) is 0 Å². The van der Waals surface area contributed by atoms with E-state index in [1.54, 1.807) is 11.0 Å².